The van der Waals surface area contributed by atoms with Gasteiger partial charge in [-0.3, -0.25) is 4.79 Å². The van der Waals surface area contributed by atoms with Gasteiger partial charge in [0.05, 0.1) is 0 Å². The third kappa shape index (κ3) is 3.30. The lowest BCUT2D eigenvalue weighted by molar-refractivity contribution is -0.140. The normalized spacial score (nSPS) is 44.2. The van der Waals surface area contributed by atoms with E-state index in [9.17, 15) is 4.79 Å². The number of hydrogen-bond acceptors (Lipinski definition) is 1. The molecule has 4 aliphatic rings. The van der Waals surface area contributed by atoms with E-state index in [-0.39, 0.29) is 5.41 Å². The molecule has 0 aliphatic heterocycles. The molecule has 0 radical (unpaired) electrons. The number of rotatable bonds is 4. The van der Waals surface area contributed by atoms with Crippen molar-refractivity contribution in [3.8, 4) is 0 Å². The van der Waals surface area contributed by atoms with Crippen LogP contribution in [0.15, 0.2) is 23.8 Å². The Kier molecular flexibility index (Phi) is 5.67. The minimum atomic E-state index is -0.0556. The number of carbonyl (C=O) groups is 1. The van der Waals surface area contributed by atoms with E-state index in [1.165, 1.54) is 32.1 Å². The van der Waals surface area contributed by atoms with Crippen LogP contribution in [0.25, 0.3) is 0 Å². The maximum atomic E-state index is 13.1. The van der Waals surface area contributed by atoms with Crippen LogP contribution in [0.3, 0.4) is 0 Å². The average Bonchev–Trinajstić information content (AvgIpc) is 3.04. The van der Waals surface area contributed by atoms with Gasteiger partial charge in [0.1, 0.15) is 5.78 Å². The summed E-state index contributed by atoms with van der Waals surface area (Å²) in [4.78, 5) is 13.1. The Labute approximate surface area is 179 Å². The molecule has 0 saturated heterocycles. The molecule has 1 heteroatoms. The molecule has 0 aromatic heterocycles. The summed E-state index contributed by atoms with van der Waals surface area (Å²) in [7, 11) is 0. The summed E-state index contributed by atoms with van der Waals surface area (Å²) in [5.74, 6) is 5.28. The Morgan fingerprint density at radius 1 is 1.00 bits per heavy atom. The highest BCUT2D eigenvalue weighted by Crippen LogP contribution is 2.66. The highest BCUT2D eigenvalue weighted by atomic mass is 16.1. The van der Waals surface area contributed by atoms with Gasteiger partial charge in [0.25, 0.3) is 0 Å². The Morgan fingerprint density at radius 3 is 2.48 bits per heavy atom. The van der Waals surface area contributed by atoms with Gasteiger partial charge in [-0.05, 0) is 91.8 Å². The summed E-state index contributed by atoms with van der Waals surface area (Å²) >= 11 is 0. The van der Waals surface area contributed by atoms with Crippen molar-refractivity contribution in [3.05, 3.63) is 23.8 Å². The van der Waals surface area contributed by atoms with Crippen molar-refractivity contribution in [1.29, 1.82) is 0 Å². The van der Waals surface area contributed by atoms with Crippen molar-refractivity contribution in [2.24, 2.45) is 52.3 Å². The lowest BCUT2D eigenvalue weighted by Crippen LogP contribution is -2.52. The van der Waals surface area contributed by atoms with Crippen LogP contribution in [0.2, 0.25) is 0 Å². The highest BCUT2D eigenvalue weighted by Gasteiger charge is 2.59. The predicted molar refractivity (Wildman–Crippen MR) is 123 cm³/mol. The molecular formula is C28H44O. The van der Waals surface area contributed by atoms with Gasteiger partial charge in [0, 0.05) is 11.8 Å². The Balaban J connectivity index is 1.57. The minimum absolute atomic E-state index is 0.0556. The first-order valence-electron chi connectivity index (χ1n) is 12.6. The quantitative estimate of drug-likeness (QED) is 0.447. The number of allylic oxidation sites excluding steroid dienone is 4. The van der Waals surface area contributed by atoms with Gasteiger partial charge in [-0.1, -0.05) is 65.3 Å². The molecule has 0 aromatic carbocycles. The van der Waals surface area contributed by atoms with Crippen molar-refractivity contribution in [1.82, 2.24) is 0 Å². The lowest BCUT2D eigenvalue weighted by atomic mass is 9.47. The first-order chi connectivity index (χ1) is 13.7. The molecule has 3 fully saturated rings. The van der Waals surface area contributed by atoms with Gasteiger partial charge in [0.2, 0.25) is 0 Å². The van der Waals surface area contributed by atoms with Gasteiger partial charge in [-0.25, -0.2) is 0 Å². The van der Waals surface area contributed by atoms with E-state index in [1.54, 1.807) is 5.57 Å². The van der Waals surface area contributed by atoms with E-state index in [0.717, 1.165) is 37.0 Å². The van der Waals surface area contributed by atoms with E-state index in [1.807, 2.05) is 0 Å². The van der Waals surface area contributed by atoms with Gasteiger partial charge in [-0.2, -0.15) is 0 Å². The van der Waals surface area contributed by atoms with Crippen LogP contribution in [-0.4, -0.2) is 5.78 Å². The second kappa shape index (κ2) is 7.69. The van der Waals surface area contributed by atoms with Gasteiger partial charge in [0.15, 0.2) is 0 Å². The minimum Gasteiger partial charge on any atom is -0.299 e. The van der Waals surface area contributed by atoms with Crippen LogP contribution in [0.5, 0.6) is 0 Å². The number of fused-ring (bicyclic) bond motifs is 5. The molecule has 4 aliphatic carbocycles. The molecular weight excluding hydrogens is 352 g/mol. The van der Waals surface area contributed by atoms with Crippen molar-refractivity contribution >= 4 is 5.78 Å². The summed E-state index contributed by atoms with van der Waals surface area (Å²) in [6.45, 7) is 14.4. The second-order valence-electron chi connectivity index (χ2n) is 11.9. The molecule has 29 heavy (non-hydrogen) atoms. The molecule has 162 valence electrons. The fourth-order valence-corrected chi connectivity index (χ4v) is 7.96. The van der Waals surface area contributed by atoms with Crippen LogP contribution in [-0.2, 0) is 4.79 Å². The molecule has 0 heterocycles. The monoisotopic (exact) mass is 396 g/mol. The summed E-state index contributed by atoms with van der Waals surface area (Å²) in [5.41, 5.74) is 2.08. The van der Waals surface area contributed by atoms with E-state index < -0.39 is 0 Å². The fraction of sp³-hybridized carbons (Fsp3) is 0.821. The van der Waals surface area contributed by atoms with Crippen LogP contribution in [0.4, 0.5) is 0 Å². The van der Waals surface area contributed by atoms with E-state index in [4.69, 9.17) is 0 Å². The summed E-state index contributed by atoms with van der Waals surface area (Å²) in [6, 6.07) is 0. The van der Waals surface area contributed by atoms with E-state index in [0.29, 0.717) is 34.9 Å². The van der Waals surface area contributed by atoms with Crippen molar-refractivity contribution < 1.29 is 4.79 Å². The number of hydrogen-bond donors (Lipinski definition) is 0. The Bertz CT molecular complexity index is 699. The Morgan fingerprint density at radius 2 is 1.76 bits per heavy atom. The van der Waals surface area contributed by atoms with E-state index in [2.05, 4.69) is 59.8 Å². The highest BCUT2D eigenvalue weighted by molar-refractivity contribution is 5.86. The molecule has 3 saturated carbocycles. The number of carbonyl (C=O) groups excluding carboxylic acids is 1. The third-order valence-corrected chi connectivity index (χ3v) is 10.4. The number of Topliss-reactive ketones (excluding diaryl/α,β-unsaturated/α-hetero) is 1. The zero-order chi connectivity index (χ0) is 21.0. The van der Waals surface area contributed by atoms with Crippen LogP contribution < -0.4 is 0 Å². The predicted octanol–water partition coefficient (Wildman–Crippen LogP) is 7.62. The molecule has 0 aromatic rings. The Hall–Kier alpha value is -0.850. The fourth-order valence-electron chi connectivity index (χ4n) is 7.96. The largest absolute Gasteiger partial charge is 0.299 e. The lowest BCUT2D eigenvalue weighted by Gasteiger charge is -2.56. The van der Waals surface area contributed by atoms with Crippen molar-refractivity contribution in [3.63, 3.8) is 0 Å². The smallest absolute Gasteiger partial charge is 0.139 e. The summed E-state index contributed by atoms with van der Waals surface area (Å²) in [6.07, 6.45) is 17.3. The third-order valence-electron chi connectivity index (χ3n) is 10.4. The molecule has 1 nitrogen and oxygen atoms in total. The zero-order valence-electron chi connectivity index (χ0n) is 19.8. The van der Waals surface area contributed by atoms with Gasteiger partial charge >= 0.3 is 0 Å². The first kappa shape index (κ1) is 21.4. The SMILES string of the molecule is CC(C)[C@@H](C)/C=C/[C@@H](C)[C@H]1CC[C@H]2C3=CCC4CCCC(=O)[C@]4(C)[C@H]3CC[C@]12C. The zero-order valence-corrected chi connectivity index (χ0v) is 19.8. The maximum Gasteiger partial charge on any atom is 0.139 e. The van der Waals surface area contributed by atoms with Crippen LogP contribution >= 0.6 is 0 Å². The molecule has 0 spiro atoms. The summed E-state index contributed by atoms with van der Waals surface area (Å²) in [5, 5.41) is 0. The molecule has 1 unspecified atom stereocenters. The molecule has 8 atom stereocenters. The molecule has 0 amide bonds. The molecule has 0 N–H and O–H groups in total. The van der Waals surface area contributed by atoms with Crippen molar-refractivity contribution in [2.45, 2.75) is 92.9 Å². The van der Waals surface area contributed by atoms with Gasteiger partial charge in [-0.15, -0.1) is 0 Å². The second-order valence-corrected chi connectivity index (χ2v) is 11.9. The molecule has 4 rings (SSSR count). The topological polar surface area (TPSA) is 17.1 Å². The maximum absolute atomic E-state index is 13.1. The molecule has 0 bridgehead atoms. The first-order valence-corrected chi connectivity index (χ1v) is 12.6. The summed E-state index contributed by atoms with van der Waals surface area (Å²) < 4.78 is 0. The van der Waals surface area contributed by atoms with Crippen LogP contribution in [0, 0.1) is 52.3 Å². The number of ketones is 1. The van der Waals surface area contributed by atoms with Gasteiger partial charge < -0.3 is 0 Å². The average molecular weight is 397 g/mol. The van der Waals surface area contributed by atoms with E-state index >= 15 is 0 Å². The van der Waals surface area contributed by atoms with Crippen LogP contribution in [0.1, 0.15) is 92.9 Å². The van der Waals surface area contributed by atoms with Crippen molar-refractivity contribution in [2.75, 3.05) is 0 Å². The standard InChI is InChI=1S/C28H44O/c1-18(2)19(3)10-11-20(4)23-14-15-24-22-13-12-21-8-7-9-26(29)28(21,6)25(22)16-17-27(23,24)5/h10-11,13,18-21,23-25H,7-9,12,14-17H2,1-6H3/b11-10+/t19-,20+,21?,23+,24-,25-,27+,28-/m0/s1.